The molecule has 0 aliphatic carbocycles. The van der Waals surface area contributed by atoms with Gasteiger partial charge >= 0.3 is 5.97 Å². The van der Waals surface area contributed by atoms with Crippen molar-refractivity contribution in [2.75, 3.05) is 0 Å². The van der Waals surface area contributed by atoms with Crippen molar-refractivity contribution < 1.29 is 14.4 Å². The first-order valence-electron chi connectivity index (χ1n) is 6.15. The van der Waals surface area contributed by atoms with Crippen LogP contribution in [0.15, 0.2) is 16.7 Å². The van der Waals surface area contributed by atoms with Crippen LogP contribution in [0.3, 0.4) is 0 Å². The molecular formula is C15H17NO3. The molecule has 0 aliphatic heterocycles. The van der Waals surface area contributed by atoms with E-state index in [1.54, 1.807) is 6.92 Å². The molecule has 4 nitrogen and oxygen atoms in total. The third-order valence-corrected chi connectivity index (χ3v) is 3.22. The lowest BCUT2D eigenvalue weighted by atomic mass is 9.94. The maximum atomic E-state index is 11.0. The molecule has 0 bridgehead atoms. The molecule has 1 aromatic carbocycles. The van der Waals surface area contributed by atoms with Crippen molar-refractivity contribution in [2.24, 2.45) is 0 Å². The highest BCUT2D eigenvalue weighted by molar-refractivity contribution is 5.77. The summed E-state index contributed by atoms with van der Waals surface area (Å²) < 4.78 is 5.37. The van der Waals surface area contributed by atoms with Gasteiger partial charge in [0, 0.05) is 11.1 Å². The van der Waals surface area contributed by atoms with E-state index in [9.17, 15) is 4.79 Å². The Morgan fingerprint density at radius 2 is 1.79 bits per heavy atom. The first-order valence-corrected chi connectivity index (χ1v) is 6.15. The fraction of sp³-hybridized carbons (Fsp3) is 0.333. The van der Waals surface area contributed by atoms with Crippen molar-refractivity contribution in [3.8, 4) is 11.3 Å². The smallest absolute Gasteiger partial charge is 0.308 e. The number of hydrogen-bond donors (Lipinski definition) is 1. The summed E-state index contributed by atoms with van der Waals surface area (Å²) in [5, 5.41) is 12.9. The molecule has 0 fully saturated rings. The summed E-state index contributed by atoms with van der Waals surface area (Å²) in [6.07, 6.45) is -0.0720. The second kappa shape index (κ2) is 4.88. The summed E-state index contributed by atoms with van der Waals surface area (Å²) in [7, 11) is 0. The zero-order chi connectivity index (χ0) is 14.2. The minimum absolute atomic E-state index is 0.0720. The lowest BCUT2D eigenvalue weighted by Crippen LogP contribution is -2.02. The minimum Gasteiger partial charge on any atom is -0.481 e. The predicted octanol–water partition coefficient (Wildman–Crippen LogP) is 3.20. The topological polar surface area (TPSA) is 63.3 Å². The highest BCUT2D eigenvalue weighted by Crippen LogP contribution is 2.32. The van der Waals surface area contributed by atoms with Crippen LogP contribution in [0, 0.1) is 27.7 Å². The Labute approximate surface area is 112 Å². The molecule has 2 rings (SSSR count). The fourth-order valence-corrected chi connectivity index (χ4v) is 2.48. The zero-order valence-electron chi connectivity index (χ0n) is 11.6. The Kier molecular flexibility index (Phi) is 3.42. The molecule has 0 atom stereocenters. The fourth-order valence-electron chi connectivity index (χ4n) is 2.48. The molecule has 1 aromatic heterocycles. The van der Waals surface area contributed by atoms with E-state index in [1.807, 2.05) is 20.8 Å². The third kappa shape index (κ3) is 2.52. The molecular weight excluding hydrogens is 242 g/mol. The molecule has 0 radical (unpaired) electrons. The van der Waals surface area contributed by atoms with Crippen LogP contribution in [0.5, 0.6) is 0 Å². The van der Waals surface area contributed by atoms with E-state index in [0.717, 1.165) is 16.7 Å². The molecule has 0 spiro atoms. The van der Waals surface area contributed by atoms with Crippen molar-refractivity contribution in [3.63, 3.8) is 0 Å². The molecule has 0 saturated carbocycles. The molecule has 0 saturated heterocycles. The van der Waals surface area contributed by atoms with Crippen LogP contribution >= 0.6 is 0 Å². The SMILES string of the molecule is Cc1cc(C)c(-c2onc(C)c2CC(=O)O)c(C)c1. The van der Waals surface area contributed by atoms with E-state index >= 15 is 0 Å². The summed E-state index contributed by atoms with van der Waals surface area (Å²) in [5.74, 6) is -0.301. The van der Waals surface area contributed by atoms with Crippen molar-refractivity contribution in [1.29, 1.82) is 0 Å². The van der Waals surface area contributed by atoms with Gasteiger partial charge in [0.2, 0.25) is 0 Å². The maximum absolute atomic E-state index is 11.0. The number of carbonyl (C=O) groups is 1. The van der Waals surface area contributed by atoms with E-state index in [1.165, 1.54) is 5.56 Å². The second-order valence-electron chi connectivity index (χ2n) is 4.92. The summed E-state index contributed by atoms with van der Waals surface area (Å²) in [5.41, 5.74) is 5.55. The summed E-state index contributed by atoms with van der Waals surface area (Å²) in [6, 6.07) is 4.12. The van der Waals surface area contributed by atoms with E-state index in [2.05, 4.69) is 17.3 Å². The number of hydrogen-bond acceptors (Lipinski definition) is 3. The average Bonchev–Trinajstić information content (AvgIpc) is 2.59. The highest BCUT2D eigenvalue weighted by atomic mass is 16.5. The monoisotopic (exact) mass is 259 g/mol. The number of aromatic nitrogens is 1. The molecule has 0 amide bonds. The second-order valence-corrected chi connectivity index (χ2v) is 4.92. The number of nitrogens with zero attached hydrogens (tertiary/aromatic N) is 1. The molecule has 4 heteroatoms. The van der Waals surface area contributed by atoms with E-state index < -0.39 is 5.97 Å². The van der Waals surface area contributed by atoms with Gasteiger partial charge in [0.15, 0.2) is 5.76 Å². The number of benzene rings is 1. The van der Waals surface area contributed by atoms with Crippen LogP contribution in [0.1, 0.15) is 27.9 Å². The Balaban J connectivity index is 2.63. The normalized spacial score (nSPS) is 10.7. The quantitative estimate of drug-likeness (QED) is 0.919. The van der Waals surface area contributed by atoms with Gasteiger partial charge in [-0.3, -0.25) is 4.79 Å². The number of carboxylic acid groups (broad SMARTS) is 1. The van der Waals surface area contributed by atoms with E-state index in [0.29, 0.717) is 17.0 Å². The van der Waals surface area contributed by atoms with Gasteiger partial charge in [0.1, 0.15) is 0 Å². The van der Waals surface area contributed by atoms with Crippen molar-refractivity contribution in [3.05, 3.63) is 40.1 Å². The van der Waals surface area contributed by atoms with Gasteiger partial charge in [0.25, 0.3) is 0 Å². The van der Waals surface area contributed by atoms with E-state index in [-0.39, 0.29) is 6.42 Å². The Hall–Kier alpha value is -2.10. The molecule has 1 N–H and O–H groups in total. The summed E-state index contributed by atoms with van der Waals surface area (Å²) >= 11 is 0. The van der Waals surface area contributed by atoms with E-state index in [4.69, 9.17) is 9.63 Å². The lowest BCUT2D eigenvalue weighted by Gasteiger charge is -2.09. The maximum Gasteiger partial charge on any atom is 0.308 e. The first kappa shape index (κ1) is 13.3. The number of aryl methyl sites for hydroxylation is 4. The van der Waals surface area contributed by atoms with Gasteiger partial charge in [-0.15, -0.1) is 0 Å². The van der Waals surface area contributed by atoms with Crippen LogP contribution in [-0.2, 0) is 11.2 Å². The molecule has 0 aliphatic rings. The molecule has 100 valence electrons. The summed E-state index contributed by atoms with van der Waals surface area (Å²) in [6.45, 7) is 7.80. The minimum atomic E-state index is -0.880. The van der Waals surface area contributed by atoms with Crippen molar-refractivity contribution in [2.45, 2.75) is 34.1 Å². The van der Waals surface area contributed by atoms with Gasteiger partial charge in [-0.2, -0.15) is 0 Å². The molecule has 0 unspecified atom stereocenters. The number of aliphatic carboxylic acids is 1. The average molecular weight is 259 g/mol. The Bertz CT molecular complexity index is 618. The molecule has 1 heterocycles. The van der Waals surface area contributed by atoms with Crippen LogP contribution in [0.25, 0.3) is 11.3 Å². The van der Waals surface area contributed by atoms with Crippen LogP contribution in [-0.4, -0.2) is 16.2 Å². The van der Waals surface area contributed by atoms with Crippen molar-refractivity contribution in [1.82, 2.24) is 5.16 Å². The van der Waals surface area contributed by atoms with Crippen molar-refractivity contribution >= 4 is 5.97 Å². The molecule has 19 heavy (non-hydrogen) atoms. The summed E-state index contributed by atoms with van der Waals surface area (Å²) in [4.78, 5) is 11.0. The largest absolute Gasteiger partial charge is 0.481 e. The van der Waals surface area contributed by atoms with Gasteiger partial charge in [0.05, 0.1) is 12.1 Å². The Morgan fingerprint density at radius 1 is 1.21 bits per heavy atom. The highest BCUT2D eigenvalue weighted by Gasteiger charge is 2.20. The van der Waals surface area contributed by atoms with Crippen LogP contribution < -0.4 is 0 Å². The first-order chi connectivity index (χ1) is 8.90. The predicted molar refractivity (Wildman–Crippen MR) is 72.2 cm³/mol. The zero-order valence-corrected chi connectivity index (χ0v) is 11.6. The van der Waals surface area contributed by atoms with Gasteiger partial charge in [-0.1, -0.05) is 22.9 Å². The Morgan fingerprint density at radius 3 is 2.32 bits per heavy atom. The lowest BCUT2D eigenvalue weighted by molar-refractivity contribution is -0.136. The van der Waals surface area contributed by atoms with Crippen LogP contribution in [0.2, 0.25) is 0 Å². The third-order valence-electron chi connectivity index (χ3n) is 3.22. The van der Waals surface area contributed by atoms with Gasteiger partial charge < -0.3 is 9.63 Å². The van der Waals surface area contributed by atoms with Gasteiger partial charge in [-0.05, 0) is 38.8 Å². The number of carboxylic acids is 1. The van der Waals surface area contributed by atoms with Crippen LogP contribution in [0.4, 0.5) is 0 Å². The standard InChI is InChI=1S/C15H17NO3/c1-8-5-9(2)14(10(3)6-8)15-12(7-13(17)18)11(4)16-19-15/h5-6H,7H2,1-4H3,(H,17,18). The van der Waals surface area contributed by atoms with Gasteiger partial charge in [-0.25, -0.2) is 0 Å². The number of rotatable bonds is 3. The molecule has 2 aromatic rings.